The van der Waals surface area contributed by atoms with Gasteiger partial charge in [-0.3, -0.25) is 0 Å². The second-order valence-electron chi connectivity index (χ2n) is 4.26. The second kappa shape index (κ2) is 5.46. The van der Waals surface area contributed by atoms with Crippen LogP contribution in [0, 0.1) is 3.57 Å². The zero-order valence-corrected chi connectivity index (χ0v) is 13.2. The molecule has 3 nitrogen and oxygen atoms in total. The summed E-state index contributed by atoms with van der Waals surface area (Å²) in [5.41, 5.74) is 8.66. The maximum absolute atomic E-state index is 5.96. The highest BCUT2D eigenvalue weighted by molar-refractivity contribution is 14.1. The standard InChI is InChI=1S/C15H10ClIN2O/c16-10-7-5-9(6-8-10)13-14(20-19-15(13)18)11-3-1-2-4-12(11)17/h1-8H,(H2,18,19). The first-order valence-electron chi connectivity index (χ1n) is 5.93. The Hall–Kier alpha value is -1.53. The van der Waals surface area contributed by atoms with Gasteiger partial charge in [0.25, 0.3) is 0 Å². The molecule has 5 heteroatoms. The van der Waals surface area contributed by atoms with E-state index < -0.39 is 0 Å². The molecule has 0 atom stereocenters. The Morgan fingerprint density at radius 3 is 2.45 bits per heavy atom. The van der Waals surface area contributed by atoms with Gasteiger partial charge in [-0.1, -0.05) is 47.1 Å². The van der Waals surface area contributed by atoms with Gasteiger partial charge >= 0.3 is 0 Å². The lowest BCUT2D eigenvalue weighted by Gasteiger charge is -2.04. The van der Waals surface area contributed by atoms with Gasteiger partial charge in [0.1, 0.15) is 0 Å². The molecular formula is C15H10ClIN2O. The number of halogens is 2. The van der Waals surface area contributed by atoms with E-state index in [4.69, 9.17) is 21.9 Å². The molecular weight excluding hydrogens is 387 g/mol. The van der Waals surface area contributed by atoms with Gasteiger partial charge in [0.05, 0.1) is 5.56 Å². The zero-order chi connectivity index (χ0) is 14.1. The largest absolute Gasteiger partial charge is 0.380 e. The summed E-state index contributed by atoms with van der Waals surface area (Å²) in [6.07, 6.45) is 0. The minimum Gasteiger partial charge on any atom is -0.380 e. The molecule has 0 unspecified atom stereocenters. The molecule has 0 amide bonds. The van der Waals surface area contributed by atoms with E-state index in [2.05, 4.69) is 27.7 Å². The van der Waals surface area contributed by atoms with Crippen LogP contribution in [0.15, 0.2) is 53.1 Å². The van der Waals surface area contributed by atoms with Gasteiger partial charge in [-0.2, -0.15) is 0 Å². The fourth-order valence-corrected chi connectivity index (χ4v) is 2.79. The summed E-state index contributed by atoms with van der Waals surface area (Å²) in [7, 11) is 0. The monoisotopic (exact) mass is 396 g/mol. The van der Waals surface area contributed by atoms with E-state index >= 15 is 0 Å². The molecule has 2 N–H and O–H groups in total. The number of nitrogen functional groups attached to an aromatic ring is 1. The minimum atomic E-state index is 0.377. The average molecular weight is 397 g/mol. The first-order valence-corrected chi connectivity index (χ1v) is 7.38. The van der Waals surface area contributed by atoms with Crippen molar-refractivity contribution in [1.29, 1.82) is 0 Å². The molecule has 1 aromatic heterocycles. The molecule has 100 valence electrons. The summed E-state index contributed by atoms with van der Waals surface area (Å²) >= 11 is 8.19. The van der Waals surface area contributed by atoms with Crippen molar-refractivity contribution in [1.82, 2.24) is 5.16 Å². The Labute approximate surface area is 134 Å². The fourth-order valence-electron chi connectivity index (χ4n) is 2.03. The predicted molar refractivity (Wildman–Crippen MR) is 89.5 cm³/mol. The number of hydrogen-bond acceptors (Lipinski definition) is 3. The van der Waals surface area contributed by atoms with Crippen molar-refractivity contribution in [3.63, 3.8) is 0 Å². The lowest BCUT2D eigenvalue weighted by atomic mass is 10.0. The third-order valence-electron chi connectivity index (χ3n) is 2.97. The summed E-state index contributed by atoms with van der Waals surface area (Å²) in [6, 6.07) is 15.4. The Balaban J connectivity index is 2.20. The molecule has 0 spiro atoms. The van der Waals surface area contributed by atoms with Crippen LogP contribution in [0.4, 0.5) is 5.82 Å². The average Bonchev–Trinajstić information content (AvgIpc) is 2.82. The summed E-state index contributed by atoms with van der Waals surface area (Å²) in [5, 5.41) is 4.58. The molecule has 0 aliphatic heterocycles. The maximum Gasteiger partial charge on any atom is 0.177 e. The number of anilines is 1. The van der Waals surface area contributed by atoms with E-state index in [-0.39, 0.29) is 0 Å². The number of aromatic nitrogens is 1. The van der Waals surface area contributed by atoms with E-state index in [0.29, 0.717) is 16.6 Å². The highest BCUT2D eigenvalue weighted by Gasteiger charge is 2.19. The smallest absolute Gasteiger partial charge is 0.177 e. The van der Waals surface area contributed by atoms with Crippen LogP contribution in [0.1, 0.15) is 0 Å². The van der Waals surface area contributed by atoms with Gasteiger partial charge in [0, 0.05) is 14.2 Å². The summed E-state index contributed by atoms with van der Waals surface area (Å²) < 4.78 is 6.51. The topological polar surface area (TPSA) is 52.0 Å². The molecule has 0 saturated heterocycles. The zero-order valence-electron chi connectivity index (χ0n) is 10.3. The van der Waals surface area contributed by atoms with Crippen LogP contribution in [0.5, 0.6) is 0 Å². The molecule has 0 bridgehead atoms. The van der Waals surface area contributed by atoms with Crippen molar-refractivity contribution < 1.29 is 4.52 Å². The molecule has 3 rings (SSSR count). The van der Waals surface area contributed by atoms with Gasteiger partial charge in [-0.15, -0.1) is 0 Å². The van der Waals surface area contributed by atoms with Gasteiger partial charge < -0.3 is 10.3 Å². The number of hydrogen-bond donors (Lipinski definition) is 1. The number of benzene rings is 2. The van der Waals surface area contributed by atoms with Gasteiger partial charge in [-0.25, -0.2) is 0 Å². The minimum absolute atomic E-state index is 0.377. The van der Waals surface area contributed by atoms with Crippen LogP contribution < -0.4 is 5.73 Å². The highest BCUT2D eigenvalue weighted by Crippen LogP contribution is 2.38. The first-order chi connectivity index (χ1) is 9.66. The molecule has 1 heterocycles. The number of nitrogens with zero attached hydrogens (tertiary/aromatic N) is 1. The second-order valence-corrected chi connectivity index (χ2v) is 5.86. The molecule has 20 heavy (non-hydrogen) atoms. The van der Waals surface area contributed by atoms with Crippen LogP contribution >= 0.6 is 34.2 Å². The van der Waals surface area contributed by atoms with Crippen LogP contribution in [0.3, 0.4) is 0 Å². The number of nitrogens with two attached hydrogens (primary N) is 1. The first kappa shape index (κ1) is 13.5. The highest BCUT2D eigenvalue weighted by atomic mass is 127. The van der Waals surface area contributed by atoms with Crippen molar-refractivity contribution in [2.24, 2.45) is 0 Å². The predicted octanol–water partition coefficient (Wildman–Crippen LogP) is 4.85. The third kappa shape index (κ3) is 2.41. The Morgan fingerprint density at radius 2 is 1.75 bits per heavy atom. The molecule has 0 saturated carbocycles. The van der Waals surface area contributed by atoms with Gasteiger partial charge in [0.2, 0.25) is 0 Å². The summed E-state index contributed by atoms with van der Waals surface area (Å²) in [6.45, 7) is 0. The molecule has 2 aromatic carbocycles. The van der Waals surface area contributed by atoms with E-state index in [1.54, 1.807) is 0 Å². The van der Waals surface area contributed by atoms with E-state index in [0.717, 1.165) is 20.3 Å². The van der Waals surface area contributed by atoms with E-state index in [1.807, 2.05) is 48.5 Å². The van der Waals surface area contributed by atoms with Crippen molar-refractivity contribution in [2.45, 2.75) is 0 Å². The van der Waals surface area contributed by atoms with Crippen molar-refractivity contribution in [3.8, 4) is 22.5 Å². The molecule has 0 aliphatic carbocycles. The Kier molecular flexibility index (Phi) is 3.67. The van der Waals surface area contributed by atoms with E-state index in [9.17, 15) is 0 Å². The Bertz CT molecular complexity index is 753. The lowest BCUT2D eigenvalue weighted by Crippen LogP contribution is -1.89. The molecule has 0 radical (unpaired) electrons. The SMILES string of the molecule is Nc1noc(-c2ccccc2I)c1-c1ccc(Cl)cc1. The lowest BCUT2D eigenvalue weighted by molar-refractivity contribution is 0.436. The quantitative estimate of drug-likeness (QED) is 0.630. The number of rotatable bonds is 2. The molecule has 3 aromatic rings. The normalized spacial score (nSPS) is 10.7. The summed E-state index contributed by atoms with van der Waals surface area (Å²) in [5.74, 6) is 1.05. The maximum atomic E-state index is 5.96. The van der Waals surface area contributed by atoms with Crippen LogP contribution in [0.2, 0.25) is 5.02 Å². The van der Waals surface area contributed by atoms with Gasteiger partial charge in [0.15, 0.2) is 11.6 Å². The summed E-state index contributed by atoms with van der Waals surface area (Å²) in [4.78, 5) is 0. The Morgan fingerprint density at radius 1 is 1.05 bits per heavy atom. The molecule has 0 fully saturated rings. The van der Waals surface area contributed by atoms with Crippen LogP contribution in [-0.2, 0) is 0 Å². The van der Waals surface area contributed by atoms with Crippen LogP contribution in [-0.4, -0.2) is 5.16 Å². The van der Waals surface area contributed by atoms with Crippen LogP contribution in [0.25, 0.3) is 22.5 Å². The fraction of sp³-hybridized carbons (Fsp3) is 0. The third-order valence-corrected chi connectivity index (χ3v) is 4.16. The van der Waals surface area contributed by atoms with E-state index in [1.165, 1.54) is 0 Å². The van der Waals surface area contributed by atoms with Crippen molar-refractivity contribution >= 4 is 40.0 Å². The van der Waals surface area contributed by atoms with Gasteiger partial charge in [-0.05, 0) is 46.4 Å². The van der Waals surface area contributed by atoms with Crippen molar-refractivity contribution in [2.75, 3.05) is 5.73 Å². The molecule has 0 aliphatic rings. The van der Waals surface area contributed by atoms with Crippen molar-refractivity contribution in [3.05, 3.63) is 57.1 Å².